The van der Waals surface area contributed by atoms with Crippen LogP contribution in [0.25, 0.3) is 0 Å². The van der Waals surface area contributed by atoms with Crippen LogP contribution in [0.15, 0.2) is 71.7 Å². The first kappa shape index (κ1) is 28.7. The van der Waals surface area contributed by atoms with Gasteiger partial charge in [0.2, 0.25) is 0 Å². The summed E-state index contributed by atoms with van der Waals surface area (Å²) < 4.78 is 12.8. The zero-order chi connectivity index (χ0) is 28.8. The van der Waals surface area contributed by atoms with Gasteiger partial charge in [-0.25, -0.2) is 4.99 Å². The van der Waals surface area contributed by atoms with Crippen molar-refractivity contribution in [2.75, 3.05) is 11.9 Å². The number of amides is 1. The van der Waals surface area contributed by atoms with Crippen molar-refractivity contribution in [1.29, 1.82) is 0 Å². The number of hydrogen-bond donors (Lipinski definition) is 1. The highest BCUT2D eigenvalue weighted by Crippen LogP contribution is 2.41. The fourth-order valence-electron chi connectivity index (χ4n) is 4.66. The first-order chi connectivity index (χ1) is 19.9. The molecule has 41 heavy (non-hydrogen) atoms. The molecule has 3 aromatic carbocycles. The molecule has 0 saturated heterocycles. The van der Waals surface area contributed by atoms with Crippen molar-refractivity contribution in [3.05, 3.63) is 108 Å². The SMILES string of the molecule is CCOc1cc(C=Nc2sc3c(c2C(=O)Nc2ccccc2)CCCC3)cc(I)c1OCc1ccc([N+](=O)[O-])cc1. The van der Waals surface area contributed by atoms with E-state index in [9.17, 15) is 14.9 Å². The van der Waals surface area contributed by atoms with Gasteiger partial charge in [0.25, 0.3) is 11.6 Å². The number of nitro benzene ring substituents is 1. The third-order valence-electron chi connectivity index (χ3n) is 6.60. The molecule has 4 aromatic rings. The Balaban J connectivity index is 1.40. The largest absolute Gasteiger partial charge is 0.490 e. The molecule has 8 nitrogen and oxygen atoms in total. The second-order valence-electron chi connectivity index (χ2n) is 9.44. The minimum Gasteiger partial charge on any atom is -0.490 e. The Morgan fingerprint density at radius 2 is 1.85 bits per heavy atom. The molecular formula is C31H28IN3O5S. The molecule has 0 aliphatic heterocycles. The van der Waals surface area contributed by atoms with E-state index in [1.807, 2.05) is 49.4 Å². The molecule has 0 bridgehead atoms. The number of carbonyl (C=O) groups excluding carboxylic acids is 1. The fourth-order valence-corrected chi connectivity index (χ4v) is 6.67. The Kier molecular flexibility index (Phi) is 9.30. The lowest BCUT2D eigenvalue weighted by Gasteiger charge is -2.15. The zero-order valence-corrected chi connectivity index (χ0v) is 25.4. The molecule has 0 saturated carbocycles. The van der Waals surface area contributed by atoms with Crippen LogP contribution < -0.4 is 14.8 Å². The van der Waals surface area contributed by atoms with Gasteiger partial charge in [0.15, 0.2) is 11.5 Å². The molecule has 0 fully saturated rings. The maximum absolute atomic E-state index is 13.4. The number of halogens is 1. The smallest absolute Gasteiger partial charge is 0.269 e. The van der Waals surface area contributed by atoms with Crippen LogP contribution >= 0.6 is 33.9 Å². The van der Waals surface area contributed by atoms with E-state index in [1.54, 1.807) is 29.7 Å². The molecule has 5 rings (SSSR count). The minimum atomic E-state index is -0.425. The van der Waals surface area contributed by atoms with E-state index in [4.69, 9.17) is 14.5 Å². The van der Waals surface area contributed by atoms with Crippen LogP contribution in [-0.2, 0) is 19.4 Å². The van der Waals surface area contributed by atoms with Gasteiger partial charge >= 0.3 is 0 Å². The van der Waals surface area contributed by atoms with Crippen LogP contribution in [0.5, 0.6) is 11.5 Å². The highest BCUT2D eigenvalue weighted by atomic mass is 127. The van der Waals surface area contributed by atoms with Crippen LogP contribution in [0.3, 0.4) is 0 Å². The zero-order valence-electron chi connectivity index (χ0n) is 22.4. The number of carbonyl (C=O) groups is 1. The van der Waals surface area contributed by atoms with Crippen LogP contribution in [0, 0.1) is 13.7 Å². The molecule has 0 spiro atoms. The number of aliphatic imine (C=N–C) groups is 1. The Hall–Kier alpha value is -3.77. The summed E-state index contributed by atoms with van der Waals surface area (Å²) in [4.78, 5) is 30.0. The quantitative estimate of drug-likeness (QED) is 0.0789. The molecular weight excluding hydrogens is 653 g/mol. The number of para-hydroxylation sites is 1. The van der Waals surface area contributed by atoms with E-state index in [0.717, 1.165) is 51.6 Å². The van der Waals surface area contributed by atoms with Crippen molar-refractivity contribution in [3.8, 4) is 11.5 Å². The van der Waals surface area contributed by atoms with Gasteiger partial charge in [0, 0.05) is 28.9 Å². The predicted octanol–water partition coefficient (Wildman–Crippen LogP) is 8.12. The Bertz CT molecular complexity index is 1590. The molecule has 0 radical (unpaired) electrons. The van der Waals surface area contributed by atoms with Crippen LogP contribution in [0.1, 0.15) is 51.7 Å². The highest BCUT2D eigenvalue weighted by Gasteiger charge is 2.25. The summed E-state index contributed by atoms with van der Waals surface area (Å²) in [6, 6.07) is 19.6. The molecule has 1 aliphatic rings. The summed E-state index contributed by atoms with van der Waals surface area (Å²) in [5.74, 6) is 1.04. The van der Waals surface area contributed by atoms with Crippen molar-refractivity contribution < 1.29 is 19.2 Å². The summed E-state index contributed by atoms with van der Waals surface area (Å²) >= 11 is 3.80. The third-order valence-corrected chi connectivity index (χ3v) is 8.61. The van der Waals surface area contributed by atoms with Crippen LogP contribution in [0.2, 0.25) is 0 Å². The number of aryl methyl sites for hydroxylation is 1. The highest BCUT2D eigenvalue weighted by molar-refractivity contribution is 14.1. The minimum absolute atomic E-state index is 0.0364. The van der Waals surface area contributed by atoms with Gasteiger partial charge in [0.1, 0.15) is 11.6 Å². The fraction of sp³-hybridized carbons (Fsp3) is 0.226. The molecule has 0 atom stereocenters. The van der Waals surface area contributed by atoms with Gasteiger partial charge in [-0.05, 0) is 108 Å². The van der Waals surface area contributed by atoms with Gasteiger partial charge in [-0.3, -0.25) is 14.9 Å². The van der Waals surface area contributed by atoms with Gasteiger partial charge in [-0.2, -0.15) is 0 Å². The van der Waals surface area contributed by atoms with Gasteiger partial charge < -0.3 is 14.8 Å². The van der Waals surface area contributed by atoms with E-state index in [-0.39, 0.29) is 18.2 Å². The molecule has 1 amide bonds. The first-order valence-electron chi connectivity index (χ1n) is 13.3. The first-order valence-corrected chi connectivity index (χ1v) is 15.2. The van der Waals surface area contributed by atoms with Gasteiger partial charge in [0.05, 0.1) is 20.7 Å². The number of ether oxygens (including phenoxy) is 2. The van der Waals surface area contributed by atoms with E-state index in [1.165, 1.54) is 17.0 Å². The summed E-state index contributed by atoms with van der Waals surface area (Å²) in [5.41, 5.74) is 4.19. The van der Waals surface area contributed by atoms with Crippen molar-refractivity contribution in [2.24, 2.45) is 4.99 Å². The number of fused-ring (bicyclic) bond motifs is 1. The number of hydrogen-bond acceptors (Lipinski definition) is 7. The molecule has 210 valence electrons. The monoisotopic (exact) mass is 681 g/mol. The predicted molar refractivity (Wildman–Crippen MR) is 170 cm³/mol. The summed E-state index contributed by atoms with van der Waals surface area (Å²) in [6.07, 6.45) is 5.80. The second-order valence-corrected chi connectivity index (χ2v) is 11.7. The number of thiophene rings is 1. The van der Waals surface area contributed by atoms with Crippen molar-refractivity contribution >= 4 is 62.4 Å². The normalized spacial score (nSPS) is 12.6. The molecule has 1 aromatic heterocycles. The topological polar surface area (TPSA) is 103 Å². The number of nitrogens with zero attached hydrogens (tertiary/aromatic N) is 2. The lowest BCUT2D eigenvalue weighted by atomic mass is 9.95. The Morgan fingerprint density at radius 1 is 1.10 bits per heavy atom. The second kappa shape index (κ2) is 13.3. The summed E-state index contributed by atoms with van der Waals surface area (Å²) in [7, 11) is 0. The maximum Gasteiger partial charge on any atom is 0.269 e. The molecule has 10 heteroatoms. The van der Waals surface area contributed by atoms with Crippen molar-refractivity contribution in [2.45, 2.75) is 39.2 Å². The van der Waals surface area contributed by atoms with Crippen LogP contribution in [-0.4, -0.2) is 23.7 Å². The standard InChI is InChI=1S/C31H28IN3O5S/c1-2-39-26-17-21(16-25(32)29(26)40-19-20-12-14-23(15-13-20)35(37)38)18-33-31-28(24-10-6-7-11-27(24)41-31)30(36)34-22-8-4-3-5-9-22/h3-5,8-9,12-18H,2,6-7,10-11,19H2,1H3,(H,34,36). The lowest BCUT2D eigenvalue weighted by molar-refractivity contribution is -0.384. The Morgan fingerprint density at radius 3 is 2.59 bits per heavy atom. The number of anilines is 1. The summed E-state index contributed by atoms with van der Waals surface area (Å²) in [5, 5.41) is 14.7. The number of nitro groups is 1. The number of non-ortho nitro benzene ring substituents is 1. The summed E-state index contributed by atoms with van der Waals surface area (Å²) in [6.45, 7) is 2.59. The van der Waals surface area contributed by atoms with E-state index in [2.05, 4.69) is 27.9 Å². The third kappa shape index (κ3) is 6.94. The molecule has 1 heterocycles. The van der Waals surface area contributed by atoms with E-state index < -0.39 is 4.92 Å². The Labute approximate surface area is 255 Å². The average molecular weight is 682 g/mol. The maximum atomic E-state index is 13.4. The molecule has 0 unspecified atom stereocenters. The van der Waals surface area contributed by atoms with E-state index in [0.29, 0.717) is 28.7 Å². The van der Waals surface area contributed by atoms with Gasteiger partial charge in [-0.15, -0.1) is 11.3 Å². The van der Waals surface area contributed by atoms with Crippen molar-refractivity contribution in [1.82, 2.24) is 0 Å². The van der Waals surface area contributed by atoms with Gasteiger partial charge in [-0.1, -0.05) is 18.2 Å². The average Bonchev–Trinajstić information content (AvgIpc) is 3.35. The van der Waals surface area contributed by atoms with E-state index >= 15 is 0 Å². The van der Waals surface area contributed by atoms with Crippen LogP contribution in [0.4, 0.5) is 16.4 Å². The lowest BCUT2D eigenvalue weighted by Crippen LogP contribution is -2.14. The number of nitrogens with one attached hydrogen (secondary N) is 1. The number of rotatable bonds is 10. The molecule has 1 N–H and O–H groups in total. The number of benzene rings is 3. The molecule has 1 aliphatic carbocycles. The van der Waals surface area contributed by atoms with Crippen molar-refractivity contribution in [3.63, 3.8) is 0 Å².